The van der Waals surface area contributed by atoms with Crippen LogP contribution in [0.5, 0.6) is 0 Å². The number of carbonyl (C=O) groups excluding carboxylic acids is 3. The number of hydrogen-bond donors (Lipinski definition) is 3. The first-order valence-corrected chi connectivity index (χ1v) is 10.6. The van der Waals surface area contributed by atoms with Gasteiger partial charge in [0.05, 0.1) is 18.4 Å². The number of allylic oxidation sites excluding steroid dienone is 1. The van der Waals surface area contributed by atoms with E-state index in [9.17, 15) is 19.5 Å². The first-order chi connectivity index (χ1) is 13.5. The monoisotopic (exact) mass is 391 g/mol. The van der Waals surface area contributed by atoms with Gasteiger partial charge in [-0.15, -0.1) is 0 Å². The van der Waals surface area contributed by atoms with Gasteiger partial charge in [0.2, 0.25) is 17.7 Å². The van der Waals surface area contributed by atoms with Gasteiger partial charge in [-0.2, -0.15) is 0 Å². The van der Waals surface area contributed by atoms with Crippen molar-refractivity contribution in [3.63, 3.8) is 0 Å². The lowest BCUT2D eigenvalue weighted by atomic mass is 9.68. The maximum atomic E-state index is 13.2. The average Bonchev–Trinajstić information content (AvgIpc) is 2.99. The first kappa shape index (κ1) is 20.8. The van der Waals surface area contributed by atoms with Gasteiger partial charge in [0.25, 0.3) is 0 Å². The van der Waals surface area contributed by atoms with Crippen LogP contribution in [0.25, 0.3) is 0 Å². The standard InChI is InChI=1S/C21H33N3O4/c1-3-13-9-10-15-17(16(13)19(26)22-2)21(28)24(11-12-25)18(15)20(27)23-14-7-5-4-6-8-14/h9-10,13-18,25H,3-8,11-12H2,1-2H3,(H,22,26)(H,23,27)/t13-,15+,16-,17-,18+/m1/s1. The van der Waals surface area contributed by atoms with Crippen LogP contribution in [-0.4, -0.2) is 60.0 Å². The summed E-state index contributed by atoms with van der Waals surface area (Å²) in [6.45, 7) is 1.91. The largest absolute Gasteiger partial charge is 0.395 e. The summed E-state index contributed by atoms with van der Waals surface area (Å²) < 4.78 is 0. The summed E-state index contributed by atoms with van der Waals surface area (Å²) in [5.74, 6) is -1.91. The van der Waals surface area contributed by atoms with E-state index in [4.69, 9.17) is 0 Å². The summed E-state index contributed by atoms with van der Waals surface area (Å²) in [6, 6.07) is -0.509. The highest BCUT2D eigenvalue weighted by molar-refractivity contribution is 5.96. The molecular weight excluding hydrogens is 358 g/mol. The van der Waals surface area contributed by atoms with E-state index < -0.39 is 17.9 Å². The molecule has 1 saturated carbocycles. The minimum absolute atomic E-state index is 0.0266. The number of β-amino-alcohol motifs (C(OH)–C–C–N with tert-alkyl or cyclic N) is 1. The summed E-state index contributed by atoms with van der Waals surface area (Å²) in [7, 11) is 1.58. The molecule has 0 aromatic carbocycles. The second-order valence-corrected chi connectivity index (χ2v) is 8.24. The Morgan fingerprint density at radius 2 is 1.89 bits per heavy atom. The third-order valence-corrected chi connectivity index (χ3v) is 6.69. The maximum absolute atomic E-state index is 13.2. The molecule has 7 heteroatoms. The van der Waals surface area contributed by atoms with E-state index in [2.05, 4.69) is 10.6 Å². The maximum Gasteiger partial charge on any atom is 0.243 e. The first-order valence-electron chi connectivity index (χ1n) is 10.6. The molecule has 5 atom stereocenters. The molecule has 2 fully saturated rings. The van der Waals surface area contributed by atoms with E-state index in [1.165, 1.54) is 11.3 Å². The molecule has 1 heterocycles. The fourth-order valence-electron chi connectivity index (χ4n) is 5.29. The second-order valence-electron chi connectivity index (χ2n) is 8.24. The van der Waals surface area contributed by atoms with Crippen LogP contribution in [0.15, 0.2) is 12.2 Å². The van der Waals surface area contributed by atoms with Gasteiger partial charge in [-0.3, -0.25) is 14.4 Å². The smallest absolute Gasteiger partial charge is 0.243 e. The third kappa shape index (κ3) is 3.81. The Labute approximate surface area is 166 Å². The highest BCUT2D eigenvalue weighted by atomic mass is 16.3. The van der Waals surface area contributed by atoms with Gasteiger partial charge in [-0.1, -0.05) is 38.3 Å². The molecule has 0 aromatic rings. The van der Waals surface area contributed by atoms with Crippen molar-refractivity contribution < 1.29 is 19.5 Å². The van der Waals surface area contributed by atoms with Crippen molar-refractivity contribution in [3.05, 3.63) is 12.2 Å². The SMILES string of the molecule is CC[C@@H]1C=C[C@H]2[C@@H](C(=O)N(CCO)[C@@H]2C(=O)NC2CCCCC2)[C@@H]1C(=O)NC. The number of carbonyl (C=O) groups is 3. The van der Waals surface area contributed by atoms with Crippen molar-refractivity contribution >= 4 is 17.7 Å². The molecule has 156 valence electrons. The molecule has 1 aliphatic heterocycles. The molecule has 0 spiro atoms. The van der Waals surface area contributed by atoms with E-state index in [0.29, 0.717) is 0 Å². The van der Waals surface area contributed by atoms with Gasteiger partial charge in [-0.05, 0) is 25.2 Å². The Balaban J connectivity index is 1.89. The number of nitrogens with one attached hydrogen (secondary N) is 2. The average molecular weight is 392 g/mol. The molecule has 0 radical (unpaired) electrons. The zero-order chi connectivity index (χ0) is 20.3. The summed E-state index contributed by atoms with van der Waals surface area (Å²) >= 11 is 0. The quantitative estimate of drug-likeness (QED) is 0.584. The number of hydrogen-bond acceptors (Lipinski definition) is 4. The summed E-state index contributed by atoms with van der Waals surface area (Å²) in [5, 5.41) is 15.3. The molecule has 0 aromatic heterocycles. The van der Waals surface area contributed by atoms with Gasteiger partial charge < -0.3 is 20.6 Å². The van der Waals surface area contributed by atoms with Crippen molar-refractivity contribution in [2.75, 3.05) is 20.2 Å². The predicted octanol–water partition coefficient (Wildman–Crippen LogP) is 0.829. The molecular formula is C21H33N3O4. The van der Waals surface area contributed by atoms with E-state index in [1.54, 1.807) is 7.05 Å². The zero-order valence-electron chi connectivity index (χ0n) is 16.9. The van der Waals surface area contributed by atoms with Crippen LogP contribution in [-0.2, 0) is 14.4 Å². The molecule has 3 rings (SSSR count). The highest BCUT2D eigenvalue weighted by Crippen LogP contribution is 2.44. The highest BCUT2D eigenvalue weighted by Gasteiger charge is 2.56. The van der Waals surface area contributed by atoms with Crippen LogP contribution in [0.4, 0.5) is 0 Å². The number of fused-ring (bicyclic) bond motifs is 1. The number of amides is 3. The molecule has 0 bridgehead atoms. The topological polar surface area (TPSA) is 98.7 Å². The number of aliphatic hydroxyl groups is 1. The second kappa shape index (κ2) is 9.07. The molecule has 3 aliphatic rings. The van der Waals surface area contributed by atoms with Crippen LogP contribution in [0.2, 0.25) is 0 Å². The Bertz CT molecular complexity index is 629. The Kier molecular flexibility index (Phi) is 6.75. The lowest BCUT2D eigenvalue weighted by Gasteiger charge is -2.34. The molecule has 28 heavy (non-hydrogen) atoms. The van der Waals surface area contributed by atoms with E-state index in [-0.39, 0.29) is 48.8 Å². The summed E-state index contributed by atoms with van der Waals surface area (Å²) in [5.41, 5.74) is 0. The van der Waals surface area contributed by atoms with Gasteiger partial charge >= 0.3 is 0 Å². The zero-order valence-corrected chi connectivity index (χ0v) is 16.9. The van der Waals surface area contributed by atoms with Crippen molar-refractivity contribution in [1.29, 1.82) is 0 Å². The molecule has 1 saturated heterocycles. The van der Waals surface area contributed by atoms with Crippen LogP contribution in [0, 0.1) is 23.7 Å². The number of nitrogens with zero attached hydrogens (tertiary/aromatic N) is 1. The van der Waals surface area contributed by atoms with Crippen molar-refractivity contribution in [1.82, 2.24) is 15.5 Å². The van der Waals surface area contributed by atoms with Crippen molar-refractivity contribution in [2.45, 2.75) is 57.5 Å². The molecule has 7 nitrogen and oxygen atoms in total. The number of aliphatic hydroxyl groups excluding tert-OH is 1. The Morgan fingerprint density at radius 3 is 2.50 bits per heavy atom. The lowest BCUT2D eigenvalue weighted by Crippen LogP contribution is -2.51. The van der Waals surface area contributed by atoms with Crippen LogP contribution in [0.1, 0.15) is 45.4 Å². The molecule has 0 unspecified atom stereocenters. The van der Waals surface area contributed by atoms with Gasteiger partial charge in [0.15, 0.2) is 0 Å². The van der Waals surface area contributed by atoms with E-state index in [0.717, 1.165) is 32.1 Å². The minimum Gasteiger partial charge on any atom is -0.395 e. The van der Waals surface area contributed by atoms with Crippen molar-refractivity contribution in [2.24, 2.45) is 23.7 Å². The number of rotatable bonds is 6. The minimum atomic E-state index is -0.659. The third-order valence-electron chi connectivity index (χ3n) is 6.69. The predicted molar refractivity (Wildman–Crippen MR) is 105 cm³/mol. The van der Waals surface area contributed by atoms with Crippen LogP contribution in [0.3, 0.4) is 0 Å². The Hall–Kier alpha value is -1.89. The fourth-order valence-corrected chi connectivity index (χ4v) is 5.29. The molecule has 3 N–H and O–H groups in total. The summed E-state index contributed by atoms with van der Waals surface area (Å²) in [6.07, 6.45) is 10.1. The lowest BCUT2D eigenvalue weighted by molar-refractivity contribution is -0.141. The van der Waals surface area contributed by atoms with Gasteiger partial charge in [0.1, 0.15) is 6.04 Å². The van der Waals surface area contributed by atoms with Crippen LogP contribution < -0.4 is 10.6 Å². The van der Waals surface area contributed by atoms with E-state index in [1.807, 2.05) is 19.1 Å². The van der Waals surface area contributed by atoms with E-state index >= 15 is 0 Å². The summed E-state index contributed by atoms with van der Waals surface area (Å²) in [4.78, 5) is 40.5. The fraction of sp³-hybridized carbons (Fsp3) is 0.762. The van der Waals surface area contributed by atoms with Gasteiger partial charge in [0, 0.05) is 25.6 Å². The van der Waals surface area contributed by atoms with Crippen molar-refractivity contribution in [3.8, 4) is 0 Å². The normalized spacial score (nSPS) is 32.9. The van der Waals surface area contributed by atoms with Gasteiger partial charge in [-0.25, -0.2) is 0 Å². The van der Waals surface area contributed by atoms with Crippen LogP contribution >= 0.6 is 0 Å². The molecule has 2 aliphatic carbocycles. The Morgan fingerprint density at radius 1 is 1.18 bits per heavy atom. The molecule has 3 amide bonds. The number of likely N-dealkylation sites (tertiary alicyclic amines) is 1.